The van der Waals surface area contributed by atoms with E-state index in [4.69, 9.17) is 0 Å². The number of hydrogen-bond donors (Lipinski definition) is 2. The van der Waals surface area contributed by atoms with E-state index in [0.29, 0.717) is 0 Å². The normalized spacial score (nSPS) is 13.8. The fourth-order valence-corrected chi connectivity index (χ4v) is 2.65. The number of aryl methyl sites for hydroxylation is 1. The van der Waals surface area contributed by atoms with Crippen molar-refractivity contribution in [2.75, 3.05) is 11.9 Å². The van der Waals surface area contributed by atoms with Crippen LogP contribution in [0.15, 0.2) is 30.6 Å². The molecule has 0 atom stereocenters. The Kier molecular flexibility index (Phi) is 3.92. The maximum Gasteiger partial charge on any atom is 0.133 e. The Labute approximate surface area is 119 Å². The second-order valence-electron chi connectivity index (χ2n) is 5.14. The van der Waals surface area contributed by atoms with Gasteiger partial charge in [-0.2, -0.15) is 0 Å². The summed E-state index contributed by atoms with van der Waals surface area (Å²) in [7, 11) is 0. The predicted molar refractivity (Wildman–Crippen MR) is 81.2 cm³/mol. The molecule has 0 bridgehead atoms. The zero-order valence-electron chi connectivity index (χ0n) is 11.8. The van der Waals surface area contributed by atoms with Gasteiger partial charge in [0.2, 0.25) is 0 Å². The molecule has 4 nitrogen and oxygen atoms in total. The Morgan fingerprint density at radius 3 is 3.15 bits per heavy atom. The van der Waals surface area contributed by atoms with Gasteiger partial charge in [0.15, 0.2) is 0 Å². The summed E-state index contributed by atoms with van der Waals surface area (Å²) in [6.07, 6.45) is 4.80. The SMILES string of the molecule is CCCc1cc(Nc2cccc3c2CCNC3)ncn1. The Hall–Kier alpha value is -1.94. The second kappa shape index (κ2) is 6.01. The summed E-state index contributed by atoms with van der Waals surface area (Å²) >= 11 is 0. The van der Waals surface area contributed by atoms with E-state index in [1.54, 1.807) is 6.33 Å². The zero-order chi connectivity index (χ0) is 13.8. The van der Waals surface area contributed by atoms with E-state index in [9.17, 15) is 0 Å². The lowest BCUT2D eigenvalue weighted by Crippen LogP contribution is -2.24. The van der Waals surface area contributed by atoms with Crippen molar-refractivity contribution in [2.24, 2.45) is 0 Å². The first-order chi connectivity index (χ1) is 9.86. The molecule has 1 aromatic heterocycles. The first-order valence-electron chi connectivity index (χ1n) is 7.26. The molecule has 1 aromatic carbocycles. The van der Waals surface area contributed by atoms with Crippen LogP contribution in [0.3, 0.4) is 0 Å². The highest BCUT2D eigenvalue weighted by atomic mass is 15.0. The van der Waals surface area contributed by atoms with Crippen molar-refractivity contribution in [2.45, 2.75) is 32.7 Å². The lowest BCUT2D eigenvalue weighted by atomic mass is 9.99. The average molecular weight is 268 g/mol. The van der Waals surface area contributed by atoms with Crippen LogP contribution in [0.4, 0.5) is 11.5 Å². The molecule has 0 unspecified atom stereocenters. The summed E-state index contributed by atoms with van der Waals surface area (Å²) in [6.45, 7) is 4.15. The standard InChI is InChI=1S/C16H20N4/c1-2-4-13-9-16(19-11-18-13)20-15-6-3-5-12-10-17-8-7-14(12)15/h3,5-6,9,11,17H,2,4,7-8,10H2,1H3,(H,18,19,20). The maximum atomic E-state index is 4.33. The van der Waals surface area contributed by atoms with Crippen LogP contribution in [0.5, 0.6) is 0 Å². The minimum atomic E-state index is 0.885. The molecule has 0 fully saturated rings. The van der Waals surface area contributed by atoms with Crippen molar-refractivity contribution >= 4 is 11.5 Å². The van der Waals surface area contributed by atoms with Crippen molar-refractivity contribution in [3.63, 3.8) is 0 Å². The number of anilines is 2. The first kappa shape index (κ1) is 13.1. The highest BCUT2D eigenvalue weighted by Crippen LogP contribution is 2.25. The average Bonchev–Trinajstić information content (AvgIpc) is 2.48. The van der Waals surface area contributed by atoms with E-state index >= 15 is 0 Å². The van der Waals surface area contributed by atoms with E-state index in [0.717, 1.165) is 43.9 Å². The molecular weight excluding hydrogens is 248 g/mol. The first-order valence-corrected chi connectivity index (χ1v) is 7.26. The summed E-state index contributed by atoms with van der Waals surface area (Å²) in [6, 6.07) is 8.47. The van der Waals surface area contributed by atoms with Crippen LogP contribution in [-0.2, 0) is 19.4 Å². The van der Waals surface area contributed by atoms with Gasteiger partial charge in [-0.25, -0.2) is 9.97 Å². The molecule has 0 amide bonds. The Morgan fingerprint density at radius 2 is 2.25 bits per heavy atom. The summed E-state index contributed by atoms with van der Waals surface area (Å²) in [5.41, 5.74) is 5.05. The van der Waals surface area contributed by atoms with E-state index < -0.39 is 0 Å². The summed E-state index contributed by atoms with van der Waals surface area (Å²) in [4.78, 5) is 8.63. The molecule has 0 saturated carbocycles. The van der Waals surface area contributed by atoms with Gasteiger partial charge in [-0.3, -0.25) is 0 Å². The Morgan fingerprint density at radius 1 is 1.30 bits per heavy atom. The minimum Gasteiger partial charge on any atom is -0.340 e. The number of fused-ring (bicyclic) bond motifs is 1. The van der Waals surface area contributed by atoms with Crippen molar-refractivity contribution in [1.82, 2.24) is 15.3 Å². The smallest absolute Gasteiger partial charge is 0.133 e. The highest BCUT2D eigenvalue weighted by Gasteiger charge is 2.12. The van der Waals surface area contributed by atoms with Crippen molar-refractivity contribution in [3.05, 3.63) is 47.4 Å². The zero-order valence-corrected chi connectivity index (χ0v) is 11.8. The van der Waals surface area contributed by atoms with Gasteiger partial charge < -0.3 is 10.6 Å². The topological polar surface area (TPSA) is 49.8 Å². The van der Waals surface area contributed by atoms with Gasteiger partial charge >= 0.3 is 0 Å². The van der Waals surface area contributed by atoms with Crippen LogP contribution in [0.25, 0.3) is 0 Å². The van der Waals surface area contributed by atoms with Gasteiger partial charge in [0.1, 0.15) is 12.1 Å². The molecule has 0 radical (unpaired) electrons. The summed E-state index contributed by atoms with van der Waals surface area (Å²) in [5, 5.41) is 6.86. The van der Waals surface area contributed by atoms with Crippen LogP contribution < -0.4 is 10.6 Å². The molecule has 104 valence electrons. The Balaban J connectivity index is 1.86. The number of nitrogens with zero attached hydrogens (tertiary/aromatic N) is 2. The van der Waals surface area contributed by atoms with Gasteiger partial charge in [0.05, 0.1) is 0 Å². The van der Waals surface area contributed by atoms with E-state index in [2.05, 4.69) is 45.7 Å². The van der Waals surface area contributed by atoms with Gasteiger partial charge in [0, 0.05) is 24.0 Å². The minimum absolute atomic E-state index is 0.885. The summed E-state index contributed by atoms with van der Waals surface area (Å²) < 4.78 is 0. The van der Waals surface area contributed by atoms with Gasteiger partial charge in [-0.1, -0.05) is 25.5 Å². The largest absolute Gasteiger partial charge is 0.340 e. The molecule has 0 spiro atoms. The lowest BCUT2D eigenvalue weighted by Gasteiger charge is -2.20. The molecule has 1 aliphatic heterocycles. The fraction of sp³-hybridized carbons (Fsp3) is 0.375. The molecule has 2 N–H and O–H groups in total. The van der Waals surface area contributed by atoms with Crippen LogP contribution in [0, 0.1) is 0 Å². The highest BCUT2D eigenvalue weighted by molar-refractivity contribution is 5.63. The van der Waals surface area contributed by atoms with Gasteiger partial charge in [-0.05, 0) is 36.6 Å². The lowest BCUT2D eigenvalue weighted by molar-refractivity contribution is 0.645. The number of hydrogen-bond acceptors (Lipinski definition) is 4. The second-order valence-corrected chi connectivity index (χ2v) is 5.14. The Bertz CT molecular complexity index is 595. The number of benzene rings is 1. The molecule has 1 aliphatic rings. The van der Waals surface area contributed by atoms with E-state index in [-0.39, 0.29) is 0 Å². The van der Waals surface area contributed by atoms with Crippen LogP contribution in [0.2, 0.25) is 0 Å². The monoisotopic (exact) mass is 268 g/mol. The molecule has 4 heteroatoms. The van der Waals surface area contributed by atoms with Crippen LogP contribution in [0.1, 0.15) is 30.2 Å². The quantitative estimate of drug-likeness (QED) is 0.895. The third-order valence-electron chi connectivity index (χ3n) is 3.63. The molecule has 0 saturated heterocycles. The fourth-order valence-electron chi connectivity index (χ4n) is 2.65. The van der Waals surface area contributed by atoms with Crippen LogP contribution in [-0.4, -0.2) is 16.5 Å². The van der Waals surface area contributed by atoms with Crippen LogP contribution >= 0.6 is 0 Å². The number of nitrogens with one attached hydrogen (secondary N) is 2. The van der Waals surface area contributed by atoms with Crippen molar-refractivity contribution in [3.8, 4) is 0 Å². The van der Waals surface area contributed by atoms with Gasteiger partial charge in [-0.15, -0.1) is 0 Å². The molecular formula is C16H20N4. The van der Waals surface area contributed by atoms with Crippen molar-refractivity contribution in [1.29, 1.82) is 0 Å². The van der Waals surface area contributed by atoms with Gasteiger partial charge in [0.25, 0.3) is 0 Å². The van der Waals surface area contributed by atoms with E-state index in [1.165, 1.54) is 16.8 Å². The third kappa shape index (κ3) is 2.80. The maximum absolute atomic E-state index is 4.33. The molecule has 2 heterocycles. The molecule has 3 rings (SSSR count). The van der Waals surface area contributed by atoms with Crippen molar-refractivity contribution < 1.29 is 0 Å². The molecule has 20 heavy (non-hydrogen) atoms. The predicted octanol–water partition coefficient (Wildman–Crippen LogP) is 2.82. The molecule has 2 aromatic rings. The number of rotatable bonds is 4. The number of aromatic nitrogens is 2. The molecule has 0 aliphatic carbocycles. The van der Waals surface area contributed by atoms with E-state index in [1.807, 2.05) is 6.07 Å². The third-order valence-corrected chi connectivity index (χ3v) is 3.63. The summed E-state index contributed by atoms with van der Waals surface area (Å²) in [5.74, 6) is 0.885.